The molecule has 3 heteroatoms. The lowest BCUT2D eigenvalue weighted by molar-refractivity contribution is 0.151. The molecule has 1 aliphatic carbocycles. The fourth-order valence-corrected chi connectivity index (χ4v) is 2.01. The van der Waals surface area contributed by atoms with Crippen molar-refractivity contribution in [1.29, 1.82) is 0 Å². The Morgan fingerprint density at radius 2 is 2.13 bits per heavy atom. The van der Waals surface area contributed by atoms with Gasteiger partial charge in [-0.05, 0) is 43.0 Å². The van der Waals surface area contributed by atoms with Gasteiger partial charge in [-0.25, -0.2) is 0 Å². The number of aryl methyl sites for hydroxylation is 1. The third kappa shape index (κ3) is 2.27. The van der Waals surface area contributed by atoms with Crippen LogP contribution in [0, 0.1) is 6.92 Å². The highest BCUT2D eigenvalue weighted by Crippen LogP contribution is 2.40. The van der Waals surface area contributed by atoms with E-state index in [0.29, 0.717) is 11.4 Å². The van der Waals surface area contributed by atoms with Gasteiger partial charge in [0.2, 0.25) is 0 Å². The molecule has 1 saturated carbocycles. The van der Waals surface area contributed by atoms with Gasteiger partial charge in [-0.1, -0.05) is 11.6 Å². The molecule has 0 amide bonds. The van der Waals surface area contributed by atoms with E-state index in [2.05, 4.69) is 0 Å². The number of methoxy groups -OCH3 is 1. The van der Waals surface area contributed by atoms with Crippen LogP contribution in [0.25, 0.3) is 0 Å². The van der Waals surface area contributed by atoms with Crippen LogP contribution in [0.5, 0.6) is 5.75 Å². The van der Waals surface area contributed by atoms with E-state index in [9.17, 15) is 5.11 Å². The second-order valence-corrected chi connectivity index (χ2v) is 4.72. The van der Waals surface area contributed by atoms with Crippen molar-refractivity contribution in [2.75, 3.05) is 7.11 Å². The molecule has 1 aliphatic rings. The quantitative estimate of drug-likeness (QED) is 0.859. The van der Waals surface area contributed by atoms with Crippen molar-refractivity contribution in [3.63, 3.8) is 0 Å². The number of aliphatic hydroxyl groups is 1. The van der Waals surface area contributed by atoms with Crippen LogP contribution in [-0.4, -0.2) is 17.8 Å². The molecule has 1 aromatic rings. The fourth-order valence-electron chi connectivity index (χ4n) is 1.73. The first-order valence-corrected chi connectivity index (χ1v) is 5.47. The molecule has 2 rings (SSSR count). The van der Waals surface area contributed by atoms with Gasteiger partial charge >= 0.3 is 0 Å². The van der Waals surface area contributed by atoms with Crippen LogP contribution in [0.2, 0.25) is 5.02 Å². The zero-order valence-electron chi connectivity index (χ0n) is 9.01. The van der Waals surface area contributed by atoms with Gasteiger partial charge in [-0.3, -0.25) is 0 Å². The molecule has 0 aromatic heterocycles. The monoisotopic (exact) mass is 226 g/mol. The van der Waals surface area contributed by atoms with Gasteiger partial charge in [-0.15, -0.1) is 0 Å². The predicted molar refractivity (Wildman–Crippen MR) is 60.6 cm³/mol. The van der Waals surface area contributed by atoms with Gasteiger partial charge in [0.15, 0.2) is 0 Å². The summed E-state index contributed by atoms with van der Waals surface area (Å²) in [7, 11) is 1.64. The van der Waals surface area contributed by atoms with Crippen LogP contribution >= 0.6 is 11.6 Å². The maximum absolute atomic E-state index is 9.84. The summed E-state index contributed by atoms with van der Waals surface area (Å²) in [5.74, 6) is 0.832. The van der Waals surface area contributed by atoms with Crippen LogP contribution in [-0.2, 0) is 6.42 Å². The zero-order chi connectivity index (χ0) is 11.1. The molecule has 15 heavy (non-hydrogen) atoms. The smallest absolute Gasteiger partial charge is 0.122 e. The van der Waals surface area contributed by atoms with Gasteiger partial charge in [0, 0.05) is 11.4 Å². The van der Waals surface area contributed by atoms with Crippen molar-refractivity contribution in [3.8, 4) is 5.75 Å². The number of rotatable bonds is 3. The Morgan fingerprint density at radius 1 is 1.47 bits per heavy atom. The molecule has 0 radical (unpaired) electrons. The average Bonchev–Trinajstić information content (AvgIpc) is 2.89. The standard InChI is InChI=1S/C12H15ClO2/c1-8-5-10(13)9(6-11(8)15-2)7-12(14)3-4-12/h5-6,14H,3-4,7H2,1-2H3. The van der Waals surface area contributed by atoms with Crippen molar-refractivity contribution >= 4 is 11.6 Å². The maximum atomic E-state index is 9.84. The summed E-state index contributed by atoms with van der Waals surface area (Å²) in [5.41, 5.74) is 1.48. The van der Waals surface area contributed by atoms with Crippen molar-refractivity contribution in [2.45, 2.75) is 31.8 Å². The maximum Gasteiger partial charge on any atom is 0.122 e. The molecule has 0 atom stereocenters. The third-order valence-corrected chi connectivity index (χ3v) is 3.26. The van der Waals surface area contributed by atoms with E-state index in [0.717, 1.165) is 29.7 Å². The van der Waals surface area contributed by atoms with Crippen molar-refractivity contribution < 1.29 is 9.84 Å². The number of ether oxygens (including phenoxy) is 1. The highest BCUT2D eigenvalue weighted by Gasteiger charge is 2.40. The Kier molecular flexibility index (Phi) is 2.65. The van der Waals surface area contributed by atoms with Gasteiger partial charge < -0.3 is 9.84 Å². The normalized spacial score (nSPS) is 17.6. The minimum absolute atomic E-state index is 0.510. The minimum Gasteiger partial charge on any atom is -0.496 e. The summed E-state index contributed by atoms with van der Waals surface area (Å²) in [5, 5.41) is 10.6. The van der Waals surface area contributed by atoms with Crippen LogP contribution in [0.4, 0.5) is 0 Å². The number of hydrogen-bond acceptors (Lipinski definition) is 2. The second-order valence-electron chi connectivity index (χ2n) is 4.31. The molecule has 0 unspecified atom stereocenters. The largest absolute Gasteiger partial charge is 0.496 e. The SMILES string of the molecule is COc1cc(CC2(O)CC2)c(Cl)cc1C. The summed E-state index contributed by atoms with van der Waals surface area (Å²) in [4.78, 5) is 0. The second kappa shape index (κ2) is 3.69. The van der Waals surface area contributed by atoms with Gasteiger partial charge in [0.05, 0.1) is 12.7 Å². The summed E-state index contributed by atoms with van der Waals surface area (Å²) >= 11 is 6.13. The van der Waals surface area contributed by atoms with E-state index in [1.807, 2.05) is 19.1 Å². The van der Waals surface area contributed by atoms with E-state index < -0.39 is 5.60 Å². The molecule has 0 heterocycles. The van der Waals surface area contributed by atoms with Gasteiger partial charge in [0.25, 0.3) is 0 Å². The average molecular weight is 227 g/mol. The number of benzene rings is 1. The summed E-state index contributed by atoms with van der Waals surface area (Å²) < 4.78 is 5.24. The highest BCUT2D eigenvalue weighted by atomic mass is 35.5. The lowest BCUT2D eigenvalue weighted by Crippen LogP contribution is -2.11. The van der Waals surface area contributed by atoms with Crippen LogP contribution in [0.1, 0.15) is 24.0 Å². The molecule has 1 N–H and O–H groups in total. The predicted octanol–water partition coefficient (Wildman–Crippen LogP) is 2.72. The molecule has 1 aromatic carbocycles. The van der Waals surface area contributed by atoms with E-state index in [-0.39, 0.29) is 0 Å². The van der Waals surface area contributed by atoms with E-state index in [1.165, 1.54) is 0 Å². The molecule has 0 saturated heterocycles. The summed E-state index contributed by atoms with van der Waals surface area (Å²) in [6, 6.07) is 3.81. The van der Waals surface area contributed by atoms with Crippen LogP contribution in [0.15, 0.2) is 12.1 Å². The number of hydrogen-bond donors (Lipinski definition) is 1. The van der Waals surface area contributed by atoms with Crippen molar-refractivity contribution in [1.82, 2.24) is 0 Å². The summed E-state index contributed by atoms with van der Waals surface area (Å²) in [6.07, 6.45) is 2.38. The Bertz CT molecular complexity index is 383. The first kappa shape index (κ1) is 10.8. The van der Waals surface area contributed by atoms with Gasteiger partial charge in [-0.2, -0.15) is 0 Å². The molecule has 2 nitrogen and oxygen atoms in total. The topological polar surface area (TPSA) is 29.5 Å². The molecule has 1 fully saturated rings. The molecule has 0 aliphatic heterocycles. The molecule has 0 spiro atoms. The van der Waals surface area contributed by atoms with E-state index >= 15 is 0 Å². The molecular formula is C12H15ClO2. The molecule has 0 bridgehead atoms. The van der Waals surface area contributed by atoms with Crippen molar-refractivity contribution in [3.05, 3.63) is 28.3 Å². The Hall–Kier alpha value is -0.730. The first-order valence-electron chi connectivity index (χ1n) is 5.09. The third-order valence-electron chi connectivity index (χ3n) is 2.91. The number of halogens is 1. The Morgan fingerprint density at radius 3 is 2.67 bits per heavy atom. The van der Waals surface area contributed by atoms with Crippen LogP contribution in [0.3, 0.4) is 0 Å². The summed E-state index contributed by atoms with van der Waals surface area (Å²) in [6.45, 7) is 1.96. The zero-order valence-corrected chi connectivity index (χ0v) is 9.77. The van der Waals surface area contributed by atoms with Crippen LogP contribution < -0.4 is 4.74 Å². The minimum atomic E-state index is -0.510. The molecular weight excluding hydrogens is 212 g/mol. The van der Waals surface area contributed by atoms with E-state index in [1.54, 1.807) is 7.11 Å². The fraction of sp³-hybridized carbons (Fsp3) is 0.500. The molecule has 82 valence electrons. The Labute approximate surface area is 94.8 Å². The highest BCUT2D eigenvalue weighted by molar-refractivity contribution is 6.31. The lowest BCUT2D eigenvalue weighted by atomic mass is 10.0. The first-order chi connectivity index (χ1) is 7.04. The van der Waals surface area contributed by atoms with Crippen molar-refractivity contribution in [2.24, 2.45) is 0 Å². The van der Waals surface area contributed by atoms with Gasteiger partial charge in [0.1, 0.15) is 5.75 Å². The Balaban J connectivity index is 2.29. The van der Waals surface area contributed by atoms with E-state index in [4.69, 9.17) is 16.3 Å². The lowest BCUT2D eigenvalue weighted by Gasteiger charge is -2.12.